The number of carbonyl (C=O) groups is 1. The van der Waals surface area contributed by atoms with Crippen LogP contribution in [0.2, 0.25) is 5.02 Å². The van der Waals surface area contributed by atoms with Gasteiger partial charge >= 0.3 is 0 Å². The number of nitrogens with one attached hydrogen (secondary N) is 2. The van der Waals surface area contributed by atoms with E-state index in [1.54, 1.807) is 25.3 Å². The summed E-state index contributed by atoms with van der Waals surface area (Å²) in [5, 5.41) is 7.71. The first kappa shape index (κ1) is 20.2. The van der Waals surface area contributed by atoms with Crippen molar-refractivity contribution in [3.05, 3.63) is 47.5 Å². The third-order valence-corrected chi connectivity index (χ3v) is 5.19. The molecule has 6 nitrogen and oxygen atoms in total. The van der Waals surface area contributed by atoms with Crippen molar-refractivity contribution in [2.75, 3.05) is 24.3 Å². The van der Waals surface area contributed by atoms with Gasteiger partial charge in [-0.1, -0.05) is 35.5 Å². The lowest BCUT2D eigenvalue weighted by atomic mass is 10.2. The van der Waals surface area contributed by atoms with Crippen molar-refractivity contribution in [1.82, 2.24) is 9.97 Å². The van der Waals surface area contributed by atoms with E-state index in [1.165, 1.54) is 11.8 Å². The van der Waals surface area contributed by atoms with Crippen molar-refractivity contribution in [3.8, 4) is 5.75 Å². The standard InChI is InChI=1S/C20H21ClN4O2S/c1-4-22-18-14-7-5-6-8-15(14)24-20(25-18)28-12(2)19(26)23-16-11-13(21)9-10-17(16)27-3/h5-12H,4H2,1-3H3,(H,23,26)(H,22,24,25). The molecule has 1 amide bonds. The van der Waals surface area contributed by atoms with Crippen LogP contribution in [-0.2, 0) is 4.79 Å². The molecule has 1 heterocycles. The lowest BCUT2D eigenvalue weighted by Gasteiger charge is -2.15. The van der Waals surface area contributed by atoms with E-state index < -0.39 is 5.25 Å². The molecule has 0 aliphatic rings. The third-order valence-electron chi connectivity index (χ3n) is 4.00. The van der Waals surface area contributed by atoms with Crippen LogP contribution in [0.15, 0.2) is 47.6 Å². The van der Waals surface area contributed by atoms with Crippen molar-refractivity contribution in [2.24, 2.45) is 0 Å². The van der Waals surface area contributed by atoms with E-state index >= 15 is 0 Å². The van der Waals surface area contributed by atoms with Crippen LogP contribution in [0.3, 0.4) is 0 Å². The number of benzene rings is 2. The Labute approximate surface area is 173 Å². The monoisotopic (exact) mass is 416 g/mol. The minimum atomic E-state index is -0.417. The van der Waals surface area contributed by atoms with Crippen LogP contribution in [0.25, 0.3) is 10.9 Å². The van der Waals surface area contributed by atoms with Gasteiger partial charge in [-0.3, -0.25) is 4.79 Å². The average Bonchev–Trinajstić information content (AvgIpc) is 2.68. The highest BCUT2D eigenvalue weighted by molar-refractivity contribution is 8.00. The van der Waals surface area contributed by atoms with Gasteiger partial charge in [-0.25, -0.2) is 9.97 Å². The van der Waals surface area contributed by atoms with Crippen LogP contribution in [0, 0.1) is 0 Å². The Morgan fingerprint density at radius 1 is 1.25 bits per heavy atom. The SMILES string of the molecule is CCNc1nc(SC(C)C(=O)Nc2cc(Cl)ccc2OC)nc2ccccc12. The molecule has 3 aromatic rings. The van der Waals surface area contributed by atoms with Gasteiger partial charge in [0.2, 0.25) is 5.91 Å². The maximum absolute atomic E-state index is 12.7. The molecule has 146 valence electrons. The molecule has 0 aliphatic carbocycles. The second-order valence-electron chi connectivity index (χ2n) is 6.00. The highest BCUT2D eigenvalue weighted by Crippen LogP contribution is 2.30. The van der Waals surface area contributed by atoms with Gasteiger partial charge in [-0.05, 0) is 44.2 Å². The number of para-hydroxylation sites is 1. The van der Waals surface area contributed by atoms with Crippen LogP contribution in [-0.4, -0.2) is 34.8 Å². The predicted octanol–water partition coefficient (Wildman–Crippen LogP) is 4.84. The molecule has 0 saturated carbocycles. The molecule has 0 aliphatic heterocycles. The Hall–Kier alpha value is -2.51. The molecule has 0 saturated heterocycles. The number of rotatable bonds is 7. The molecular weight excluding hydrogens is 396 g/mol. The Morgan fingerprint density at radius 2 is 2.04 bits per heavy atom. The molecule has 8 heteroatoms. The number of hydrogen-bond donors (Lipinski definition) is 2. The molecule has 0 bridgehead atoms. The second-order valence-corrected chi connectivity index (χ2v) is 7.74. The lowest BCUT2D eigenvalue weighted by molar-refractivity contribution is -0.115. The van der Waals surface area contributed by atoms with Crippen LogP contribution in [0.5, 0.6) is 5.75 Å². The summed E-state index contributed by atoms with van der Waals surface area (Å²) in [6, 6.07) is 12.9. The van der Waals surface area contributed by atoms with Gasteiger partial charge in [0.15, 0.2) is 5.16 Å². The summed E-state index contributed by atoms with van der Waals surface area (Å²) in [6.07, 6.45) is 0. The highest BCUT2D eigenvalue weighted by Gasteiger charge is 2.19. The second kappa shape index (κ2) is 9.12. The van der Waals surface area contributed by atoms with E-state index in [0.29, 0.717) is 21.6 Å². The number of thioether (sulfide) groups is 1. The summed E-state index contributed by atoms with van der Waals surface area (Å²) in [7, 11) is 1.54. The topological polar surface area (TPSA) is 76.1 Å². The van der Waals surface area contributed by atoms with Gasteiger partial charge in [0.25, 0.3) is 0 Å². The number of aromatic nitrogens is 2. The van der Waals surface area contributed by atoms with Crippen LogP contribution >= 0.6 is 23.4 Å². The first-order chi connectivity index (χ1) is 13.5. The number of nitrogens with zero attached hydrogens (tertiary/aromatic N) is 2. The molecular formula is C20H21ClN4O2S. The number of fused-ring (bicyclic) bond motifs is 1. The van der Waals surface area contributed by atoms with Crippen molar-refractivity contribution in [3.63, 3.8) is 0 Å². The molecule has 1 aromatic heterocycles. The zero-order valence-electron chi connectivity index (χ0n) is 15.8. The van der Waals surface area contributed by atoms with E-state index in [0.717, 1.165) is 23.3 Å². The van der Waals surface area contributed by atoms with Gasteiger partial charge in [0.1, 0.15) is 11.6 Å². The van der Waals surface area contributed by atoms with Crippen LogP contribution in [0.1, 0.15) is 13.8 Å². The molecule has 28 heavy (non-hydrogen) atoms. The minimum absolute atomic E-state index is 0.188. The predicted molar refractivity (Wildman–Crippen MR) is 116 cm³/mol. The van der Waals surface area contributed by atoms with Crippen molar-refractivity contribution in [2.45, 2.75) is 24.3 Å². The van der Waals surface area contributed by atoms with E-state index in [-0.39, 0.29) is 5.91 Å². The zero-order valence-corrected chi connectivity index (χ0v) is 17.4. The zero-order chi connectivity index (χ0) is 20.1. The molecule has 0 fully saturated rings. The quantitative estimate of drug-likeness (QED) is 0.424. The summed E-state index contributed by atoms with van der Waals surface area (Å²) in [6.45, 7) is 4.57. The number of anilines is 2. The highest BCUT2D eigenvalue weighted by atomic mass is 35.5. The first-order valence-corrected chi connectivity index (χ1v) is 10.1. The maximum atomic E-state index is 12.7. The molecule has 2 N–H and O–H groups in total. The van der Waals surface area contributed by atoms with Crippen LogP contribution < -0.4 is 15.4 Å². The Kier molecular flexibility index (Phi) is 6.59. The minimum Gasteiger partial charge on any atom is -0.495 e. The summed E-state index contributed by atoms with van der Waals surface area (Å²) >= 11 is 7.33. The molecule has 2 aromatic carbocycles. The van der Waals surface area contributed by atoms with Gasteiger partial charge < -0.3 is 15.4 Å². The van der Waals surface area contributed by atoms with Crippen molar-refractivity contribution < 1.29 is 9.53 Å². The van der Waals surface area contributed by atoms with Crippen LogP contribution in [0.4, 0.5) is 11.5 Å². The summed E-state index contributed by atoms with van der Waals surface area (Å²) < 4.78 is 5.28. The molecule has 1 unspecified atom stereocenters. The fourth-order valence-corrected chi connectivity index (χ4v) is 3.58. The number of ether oxygens (including phenoxy) is 1. The smallest absolute Gasteiger partial charge is 0.237 e. The lowest BCUT2D eigenvalue weighted by Crippen LogP contribution is -2.23. The third kappa shape index (κ3) is 4.66. The average molecular weight is 417 g/mol. The molecule has 3 rings (SSSR count). The number of amides is 1. The van der Waals surface area contributed by atoms with Gasteiger partial charge in [-0.15, -0.1) is 0 Å². The van der Waals surface area contributed by atoms with Gasteiger partial charge in [-0.2, -0.15) is 0 Å². The number of hydrogen-bond acceptors (Lipinski definition) is 6. The number of carbonyl (C=O) groups excluding carboxylic acids is 1. The van der Waals surface area contributed by atoms with E-state index in [9.17, 15) is 4.79 Å². The van der Waals surface area contributed by atoms with E-state index in [2.05, 4.69) is 20.6 Å². The van der Waals surface area contributed by atoms with E-state index in [1.807, 2.05) is 38.1 Å². The first-order valence-electron chi connectivity index (χ1n) is 8.83. The molecule has 0 spiro atoms. The summed E-state index contributed by atoms with van der Waals surface area (Å²) in [4.78, 5) is 21.8. The fourth-order valence-electron chi connectivity index (χ4n) is 2.63. The van der Waals surface area contributed by atoms with E-state index in [4.69, 9.17) is 16.3 Å². The normalized spacial score (nSPS) is 11.9. The largest absolute Gasteiger partial charge is 0.495 e. The fraction of sp³-hybridized carbons (Fsp3) is 0.250. The Balaban J connectivity index is 1.80. The number of methoxy groups -OCH3 is 1. The molecule has 0 radical (unpaired) electrons. The van der Waals surface area contributed by atoms with Crippen molar-refractivity contribution in [1.29, 1.82) is 0 Å². The van der Waals surface area contributed by atoms with Crippen molar-refractivity contribution >= 4 is 51.7 Å². The van der Waals surface area contributed by atoms with Gasteiger partial charge in [0.05, 0.1) is 23.6 Å². The Morgan fingerprint density at radius 3 is 2.79 bits per heavy atom. The maximum Gasteiger partial charge on any atom is 0.237 e. The number of halogens is 1. The molecule has 1 atom stereocenters. The Bertz CT molecular complexity index is 999. The summed E-state index contributed by atoms with van der Waals surface area (Å²) in [5.41, 5.74) is 1.36. The summed E-state index contributed by atoms with van der Waals surface area (Å²) in [5.74, 6) is 1.12. The van der Waals surface area contributed by atoms with Gasteiger partial charge in [0, 0.05) is 17.0 Å².